The van der Waals surface area contributed by atoms with E-state index >= 15 is 0 Å². The number of benzene rings is 1. The molecule has 104 valence electrons. The van der Waals surface area contributed by atoms with Crippen molar-refractivity contribution in [3.63, 3.8) is 0 Å². The standard InChI is InChI=1S/C15H17BO4/c1-14(2)15(3,4)20-16(19-14)11-7-5-10-6-8-13(17)18-12(10)9-11/h5-9H,1-4H3. The van der Waals surface area contributed by atoms with Gasteiger partial charge in [0, 0.05) is 11.5 Å². The van der Waals surface area contributed by atoms with Gasteiger partial charge in [0.2, 0.25) is 0 Å². The molecule has 1 aliphatic rings. The smallest absolute Gasteiger partial charge is 0.423 e. The van der Waals surface area contributed by atoms with E-state index in [-0.39, 0.29) is 16.8 Å². The van der Waals surface area contributed by atoms with Crippen molar-refractivity contribution in [1.82, 2.24) is 0 Å². The van der Waals surface area contributed by atoms with Gasteiger partial charge in [-0.25, -0.2) is 4.79 Å². The minimum Gasteiger partial charge on any atom is -0.423 e. The van der Waals surface area contributed by atoms with Gasteiger partial charge in [-0.3, -0.25) is 0 Å². The van der Waals surface area contributed by atoms with Crippen LogP contribution in [0.3, 0.4) is 0 Å². The van der Waals surface area contributed by atoms with Crippen LogP contribution in [0.2, 0.25) is 0 Å². The Morgan fingerprint density at radius 3 is 2.20 bits per heavy atom. The lowest BCUT2D eigenvalue weighted by Crippen LogP contribution is -2.41. The Kier molecular flexibility index (Phi) is 2.82. The van der Waals surface area contributed by atoms with Gasteiger partial charge in [-0.15, -0.1) is 0 Å². The van der Waals surface area contributed by atoms with Crippen LogP contribution in [-0.2, 0) is 9.31 Å². The van der Waals surface area contributed by atoms with E-state index in [2.05, 4.69) is 0 Å². The van der Waals surface area contributed by atoms with Gasteiger partial charge in [-0.1, -0.05) is 12.1 Å². The molecule has 3 rings (SSSR count). The third-order valence-electron chi connectivity index (χ3n) is 4.17. The van der Waals surface area contributed by atoms with Crippen molar-refractivity contribution < 1.29 is 13.7 Å². The molecule has 1 aromatic carbocycles. The second kappa shape index (κ2) is 4.20. The predicted molar refractivity (Wildman–Crippen MR) is 78.2 cm³/mol. The normalized spacial score (nSPS) is 20.5. The molecule has 2 aromatic rings. The van der Waals surface area contributed by atoms with Crippen LogP contribution in [0.4, 0.5) is 0 Å². The fourth-order valence-electron chi connectivity index (χ4n) is 2.20. The zero-order valence-corrected chi connectivity index (χ0v) is 12.1. The monoisotopic (exact) mass is 272 g/mol. The summed E-state index contributed by atoms with van der Waals surface area (Å²) in [7, 11) is -0.449. The van der Waals surface area contributed by atoms with Crippen molar-refractivity contribution in [2.75, 3.05) is 0 Å². The minimum atomic E-state index is -0.449. The summed E-state index contributed by atoms with van der Waals surface area (Å²) in [5.74, 6) is 0. The molecule has 0 bridgehead atoms. The van der Waals surface area contributed by atoms with Gasteiger partial charge >= 0.3 is 12.7 Å². The molecule has 0 spiro atoms. The average Bonchev–Trinajstić information content (AvgIpc) is 2.57. The Labute approximate surface area is 117 Å². The zero-order chi connectivity index (χ0) is 14.5. The molecule has 1 aliphatic heterocycles. The number of hydrogen-bond donors (Lipinski definition) is 0. The first-order valence-electron chi connectivity index (χ1n) is 6.68. The second-order valence-electron chi connectivity index (χ2n) is 6.14. The highest BCUT2D eigenvalue weighted by Crippen LogP contribution is 2.36. The maximum Gasteiger partial charge on any atom is 0.494 e. The molecule has 0 saturated carbocycles. The van der Waals surface area contributed by atoms with Gasteiger partial charge in [0.15, 0.2) is 0 Å². The van der Waals surface area contributed by atoms with Gasteiger partial charge in [-0.05, 0) is 45.3 Å². The summed E-state index contributed by atoms with van der Waals surface area (Å²) in [5, 5.41) is 0.880. The van der Waals surface area contributed by atoms with Crippen LogP contribution in [0.5, 0.6) is 0 Å². The maximum atomic E-state index is 11.3. The van der Waals surface area contributed by atoms with E-state index < -0.39 is 7.12 Å². The highest BCUT2D eigenvalue weighted by molar-refractivity contribution is 6.62. The topological polar surface area (TPSA) is 48.7 Å². The molecule has 1 aromatic heterocycles. The summed E-state index contributed by atoms with van der Waals surface area (Å²) in [6.45, 7) is 8.03. The first-order valence-corrected chi connectivity index (χ1v) is 6.68. The molecule has 2 heterocycles. The molecule has 4 nitrogen and oxygen atoms in total. The lowest BCUT2D eigenvalue weighted by molar-refractivity contribution is 0.00578. The lowest BCUT2D eigenvalue weighted by Gasteiger charge is -2.32. The highest BCUT2D eigenvalue weighted by atomic mass is 16.7. The van der Waals surface area contributed by atoms with Crippen molar-refractivity contribution in [1.29, 1.82) is 0 Å². The third kappa shape index (κ3) is 2.07. The molecule has 1 saturated heterocycles. The summed E-state index contributed by atoms with van der Waals surface area (Å²) < 4.78 is 17.2. The molecule has 0 aliphatic carbocycles. The fraction of sp³-hybridized carbons (Fsp3) is 0.400. The number of hydrogen-bond acceptors (Lipinski definition) is 4. The molecule has 20 heavy (non-hydrogen) atoms. The van der Waals surface area contributed by atoms with Crippen molar-refractivity contribution >= 4 is 23.6 Å². The molecule has 1 fully saturated rings. The maximum absolute atomic E-state index is 11.3. The van der Waals surface area contributed by atoms with Crippen LogP contribution < -0.4 is 11.1 Å². The van der Waals surface area contributed by atoms with E-state index in [1.165, 1.54) is 6.07 Å². The molecular weight excluding hydrogens is 255 g/mol. The second-order valence-corrected chi connectivity index (χ2v) is 6.14. The van der Waals surface area contributed by atoms with Crippen LogP contribution in [-0.4, -0.2) is 18.3 Å². The summed E-state index contributed by atoms with van der Waals surface area (Å²) in [4.78, 5) is 11.3. The first kappa shape index (κ1) is 13.4. The van der Waals surface area contributed by atoms with Gasteiger partial charge < -0.3 is 13.7 Å². The van der Waals surface area contributed by atoms with Crippen LogP contribution >= 0.6 is 0 Å². The summed E-state index contributed by atoms with van der Waals surface area (Å²) in [6, 6.07) is 8.80. The van der Waals surface area contributed by atoms with Gasteiger partial charge in [0.25, 0.3) is 0 Å². The quantitative estimate of drug-likeness (QED) is 0.589. The summed E-state index contributed by atoms with van der Waals surface area (Å²) in [5.41, 5.74) is 0.271. The van der Waals surface area contributed by atoms with E-state index in [1.807, 2.05) is 39.8 Å². The molecule has 0 radical (unpaired) electrons. The molecule has 0 atom stereocenters. The van der Waals surface area contributed by atoms with Gasteiger partial charge in [-0.2, -0.15) is 0 Å². The van der Waals surface area contributed by atoms with E-state index in [0.717, 1.165) is 10.8 Å². The third-order valence-corrected chi connectivity index (χ3v) is 4.17. The van der Waals surface area contributed by atoms with Crippen molar-refractivity contribution in [3.8, 4) is 0 Å². The average molecular weight is 272 g/mol. The molecule has 0 amide bonds. The van der Waals surface area contributed by atoms with Gasteiger partial charge in [0.1, 0.15) is 5.58 Å². The van der Waals surface area contributed by atoms with E-state index in [1.54, 1.807) is 12.1 Å². The Morgan fingerprint density at radius 1 is 0.950 bits per heavy atom. The fourth-order valence-corrected chi connectivity index (χ4v) is 2.20. The SMILES string of the molecule is CC1(C)OB(c2ccc3ccc(=O)oc3c2)OC1(C)C. The first-order chi connectivity index (χ1) is 9.28. The number of rotatable bonds is 1. The molecule has 5 heteroatoms. The van der Waals surface area contributed by atoms with Crippen molar-refractivity contribution in [2.45, 2.75) is 38.9 Å². The molecular formula is C15H17BO4. The summed E-state index contributed by atoms with van der Waals surface area (Å²) in [6.07, 6.45) is 0. The highest BCUT2D eigenvalue weighted by Gasteiger charge is 2.51. The molecule has 0 unspecified atom stereocenters. The molecule has 0 N–H and O–H groups in total. The van der Waals surface area contributed by atoms with E-state index in [9.17, 15) is 4.79 Å². The van der Waals surface area contributed by atoms with E-state index in [0.29, 0.717) is 5.58 Å². The van der Waals surface area contributed by atoms with Crippen LogP contribution in [0.25, 0.3) is 11.0 Å². The van der Waals surface area contributed by atoms with Crippen LogP contribution in [0.1, 0.15) is 27.7 Å². The largest absolute Gasteiger partial charge is 0.494 e. The van der Waals surface area contributed by atoms with Gasteiger partial charge in [0.05, 0.1) is 11.2 Å². The van der Waals surface area contributed by atoms with Crippen molar-refractivity contribution in [3.05, 3.63) is 40.8 Å². The Balaban J connectivity index is 2.02. The van der Waals surface area contributed by atoms with Crippen LogP contribution in [0, 0.1) is 0 Å². The van der Waals surface area contributed by atoms with E-state index in [4.69, 9.17) is 13.7 Å². The number of fused-ring (bicyclic) bond motifs is 1. The Hall–Kier alpha value is -1.59. The zero-order valence-electron chi connectivity index (χ0n) is 12.1. The minimum absolute atomic E-state index is 0.358. The van der Waals surface area contributed by atoms with Crippen LogP contribution in [0.15, 0.2) is 39.5 Å². The predicted octanol–water partition coefficient (Wildman–Crippen LogP) is 2.09. The summed E-state index contributed by atoms with van der Waals surface area (Å²) >= 11 is 0. The lowest BCUT2D eigenvalue weighted by atomic mass is 9.79. The Morgan fingerprint density at radius 2 is 1.55 bits per heavy atom. The Bertz CT molecular complexity index is 701. The van der Waals surface area contributed by atoms with Crippen molar-refractivity contribution in [2.24, 2.45) is 0 Å².